The van der Waals surface area contributed by atoms with Gasteiger partial charge in [-0.15, -0.1) is 0 Å². The van der Waals surface area contributed by atoms with Gasteiger partial charge in [-0.05, 0) is 65.9 Å². The Balaban J connectivity index is 1.50. The predicted molar refractivity (Wildman–Crippen MR) is 132 cm³/mol. The first-order valence-electron chi connectivity index (χ1n) is 12.6. The van der Waals surface area contributed by atoms with E-state index in [9.17, 15) is 14.7 Å². The lowest BCUT2D eigenvalue weighted by atomic mass is 9.83. The quantitative estimate of drug-likeness (QED) is 0.670. The average Bonchev–Trinajstić information content (AvgIpc) is 3.18. The summed E-state index contributed by atoms with van der Waals surface area (Å²) in [6, 6.07) is 7.30. The van der Waals surface area contributed by atoms with E-state index >= 15 is 0 Å². The van der Waals surface area contributed by atoms with Crippen molar-refractivity contribution in [3.05, 3.63) is 30.0 Å². The topological polar surface area (TPSA) is 106 Å². The van der Waals surface area contributed by atoms with Gasteiger partial charge in [-0.1, -0.05) is 18.2 Å². The Labute approximate surface area is 206 Å². The monoisotopic (exact) mass is 486 g/mol. The number of hydrogen-bond donors (Lipinski definition) is 2. The van der Waals surface area contributed by atoms with Crippen molar-refractivity contribution in [3.63, 3.8) is 0 Å². The molecule has 0 aliphatic carbocycles. The highest BCUT2D eigenvalue weighted by Gasteiger charge is 2.41. The number of carbonyl (C=O) groups excluding carboxylic acids is 2. The lowest BCUT2D eigenvalue weighted by molar-refractivity contribution is -0.0848. The third-order valence-electron chi connectivity index (χ3n) is 6.88. The molecule has 35 heavy (non-hydrogen) atoms. The Hall–Kier alpha value is -2.65. The molecular formula is C26H38N4O5. The molecule has 192 valence electrons. The Morgan fingerprint density at radius 3 is 2.63 bits per heavy atom. The summed E-state index contributed by atoms with van der Waals surface area (Å²) in [6.45, 7) is 9.54. The number of hydrogen-bond acceptors (Lipinski definition) is 6. The highest BCUT2D eigenvalue weighted by Crippen LogP contribution is 2.32. The minimum absolute atomic E-state index is 0.166. The van der Waals surface area contributed by atoms with Crippen molar-refractivity contribution in [1.82, 2.24) is 20.0 Å². The Kier molecular flexibility index (Phi) is 7.38. The number of rotatable bonds is 5. The molecular weight excluding hydrogens is 448 g/mol. The van der Waals surface area contributed by atoms with E-state index in [0.717, 1.165) is 10.9 Å². The summed E-state index contributed by atoms with van der Waals surface area (Å²) < 4.78 is 12.9. The molecule has 3 heterocycles. The maximum absolute atomic E-state index is 13.2. The molecule has 2 aliphatic heterocycles. The molecule has 0 spiro atoms. The van der Waals surface area contributed by atoms with E-state index in [0.29, 0.717) is 64.1 Å². The van der Waals surface area contributed by atoms with Crippen LogP contribution in [0.5, 0.6) is 0 Å². The van der Waals surface area contributed by atoms with E-state index in [2.05, 4.69) is 10.4 Å². The Bertz CT molecular complexity index is 1050. The lowest BCUT2D eigenvalue weighted by Gasteiger charge is -2.44. The minimum atomic E-state index is -0.856. The van der Waals surface area contributed by atoms with E-state index in [1.54, 1.807) is 4.90 Å². The largest absolute Gasteiger partial charge is 0.444 e. The van der Waals surface area contributed by atoms with Crippen LogP contribution in [0.3, 0.4) is 0 Å². The SMILES string of the molecule is CCn1nc(C(=O)NC2CCC(CC3(O)CCOCC3)N(C(=O)OC(C)(C)C)C2)c2ccccc21. The molecule has 2 aliphatic rings. The number of fused-ring (bicyclic) bond motifs is 1. The van der Waals surface area contributed by atoms with Gasteiger partial charge in [0.1, 0.15) is 5.60 Å². The van der Waals surface area contributed by atoms with Crippen LogP contribution in [-0.4, -0.2) is 74.8 Å². The van der Waals surface area contributed by atoms with E-state index in [1.165, 1.54) is 0 Å². The zero-order valence-electron chi connectivity index (χ0n) is 21.2. The van der Waals surface area contributed by atoms with Gasteiger partial charge in [0.2, 0.25) is 0 Å². The number of piperidine rings is 1. The van der Waals surface area contributed by atoms with E-state index in [-0.39, 0.29) is 18.0 Å². The van der Waals surface area contributed by atoms with Crippen LogP contribution in [0.4, 0.5) is 4.79 Å². The fourth-order valence-corrected chi connectivity index (χ4v) is 5.09. The molecule has 9 heteroatoms. The molecule has 1 aromatic heterocycles. The zero-order valence-corrected chi connectivity index (χ0v) is 21.2. The van der Waals surface area contributed by atoms with Crippen molar-refractivity contribution in [3.8, 4) is 0 Å². The van der Waals surface area contributed by atoms with Crippen molar-refractivity contribution in [2.45, 2.75) is 89.6 Å². The molecule has 2 fully saturated rings. The van der Waals surface area contributed by atoms with Crippen molar-refractivity contribution < 1.29 is 24.2 Å². The summed E-state index contributed by atoms with van der Waals surface area (Å²) in [6.07, 6.45) is 2.53. The number of carbonyl (C=O) groups is 2. The Morgan fingerprint density at radius 2 is 1.94 bits per heavy atom. The molecule has 0 saturated carbocycles. The van der Waals surface area contributed by atoms with Gasteiger partial charge in [0.25, 0.3) is 5.91 Å². The van der Waals surface area contributed by atoms with Crippen LogP contribution >= 0.6 is 0 Å². The number of nitrogens with one attached hydrogen (secondary N) is 1. The molecule has 2 atom stereocenters. The first kappa shape index (κ1) is 25.4. The van der Waals surface area contributed by atoms with Gasteiger partial charge in [0.05, 0.1) is 11.1 Å². The van der Waals surface area contributed by atoms with Crippen LogP contribution in [0.1, 0.15) is 70.3 Å². The highest BCUT2D eigenvalue weighted by molar-refractivity contribution is 6.05. The first-order valence-corrected chi connectivity index (χ1v) is 12.6. The van der Waals surface area contributed by atoms with E-state index in [1.807, 2.05) is 56.6 Å². The molecule has 0 bridgehead atoms. The van der Waals surface area contributed by atoms with Crippen LogP contribution < -0.4 is 5.32 Å². The molecule has 2 unspecified atom stereocenters. The molecule has 9 nitrogen and oxygen atoms in total. The highest BCUT2D eigenvalue weighted by atomic mass is 16.6. The summed E-state index contributed by atoms with van der Waals surface area (Å²) >= 11 is 0. The number of aromatic nitrogens is 2. The van der Waals surface area contributed by atoms with Gasteiger partial charge in [-0.25, -0.2) is 4.79 Å². The number of nitrogens with zero attached hydrogens (tertiary/aromatic N) is 3. The average molecular weight is 487 g/mol. The Morgan fingerprint density at radius 1 is 1.23 bits per heavy atom. The number of amides is 2. The molecule has 2 saturated heterocycles. The second-order valence-electron chi connectivity index (χ2n) is 10.8. The first-order chi connectivity index (χ1) is 16.6. The summed E-state index contributed by atoms with van der Waals surface area (Å²) in [7, 11) is 0. The van der Waals surface area contributed by atoms with Crippen LogP contribution in [-0.2, 0) is 16.0 Å². The number of aliphatic hydroxyl groups is 1. The molecule has 4 rings (SSSR count). The molecule has 1 aromatic carbocycles. The second kappa shape index (κ2) is 10.1. The molecule has 2 N–H and O–H groups in total. The standard InChI is InChI=1S/C26H38N4O5/c1-5-30-21-9-7-6-8-20(21)22(28-30)23(31)27-18-10-11-19(16-26(33)12-14-34-15-13-26)29(17-18)24(32)35-25(2,3)4/h6-9,18-19,33H,5,10-17H2,1-4H3,(H,27,31). The number of para-hydroxylation sites is 1. The normalized spacial score (nSPS) is 22.7. The van der Waals surface area contributed by atoms with Crippen LogP contribution in [0.25, 0.3) is 10.9 Å². The van der Waals surface area contributed by atoms with Gasteiger partial charge >= 0.3 is 6.09 Å². The summed E-state index contributed by atoms with van der Waals surface area (Å²) in [5, 5.41) is 19.5. The van der Waals surface area contributed by atoms with Crippen molar-refractivity contribution >= 4 is 22.9 Å². The minimum Gasteiger partial charge on any atom is -0.444 e. The van der Waals surface area contributed by atoms with Crippen LogP contribution in [0.15, 0.2) is 24.3 Å². The third kappa shape index (κ3) is 5.95. The maximum atomic E-state index is 13.2. The van der Waals surface area contributed by atoms with Gasteiger partial charge in [-0.2, -0.15) is 5.10 Å². The fraction of sp³-hybridized carbons (Fsp3) is 0.654. The summed E-state index contributed by atoms with van der Waals surface area (Å²) in [5.74, 6) is -0.246. The van der Waals surface area contributed by atoms with Gasteiger partial charge in [0, 0.05) is 43.8 Å². The predicted octanol–water partition coefficient (Wildman–Crippen LogP) is 3.49. The van der Waals surface area contributed by atoms with Crippen LogP contribution in [0, 0.1) is 0 Å². The zero-order chi connectivity index (χ0) is 25.2. The summed E-state index contributed by atoms with van der Waals surface area (Å²) in [5.41, 5.74) is -0.182. The van der Waals surface area contributed by atoms with Crippen molar-refractivity contribution in [2.75, 3.05) is 19.8 Å². The number of aryl methyl sites for hydroxylation is 1. The van der Waals surface area contributed by atoms with Gasteiger partial charge in [0.15, 0.2) is 5.69 Å². The van der Waals surface area contributed by atoms with Gasteiger partial charge in [-0.3, -0.25) is 9.48 Å². The maximum Gasteiger partial charge on any atom is 0.410 e. The van der Waals surface area contributed by atoms with Gasteiger partial charge < -0.3 is 24.8 Å². The fourth-order valence-electron chi connectivity index (χ4n) is 5.09. The number of benzene rings is 1. The molecule has 2 aromatic rings. The molecule has 2 amide bonds. The van der Waals surface area contributed by atoms with Crippen molar-refractivity contribution in [1.29, 1.82) is 0 Å². The molecule has 0 radical (unpaired) electrons. The van der Waals surface area contributed by atoms with Crippen molar-refractivity contribution in [2.24, 2.45) is 0 Å². The van der Waals surface area contributed by atoms with E-state index in [4.69, 9.17) is 9.47 Å². The second-order valence-corrected chi connectivity index (χ2v) is 10.8. The van der Waals surface area contributed by atoms with E-state index < -0.39 is 17.3 Å². The summed E-state index contributed by atoms with van der Waals surface area (Å²) in [4.78, 5) is 28.1. The number of ether oxygens (including phenoxy) is 2. The smallest absolute Gasteiger partial charge is 0.410 e. The number of likely N-dealkylation sites (tertiary alicyclic amines) is 1. The van der Waals surface area contributed by atoms with Crippen LogP contribution in [0.2, 0.25) is 0 Å². The lowest BCUT2D eigenvalue weighted by Crippen LogP contribution is -2.57. The third-order valence-corrected chi connectivity index (χ3v) is 6.88.